The van der Waals surface area contributed by atoms with E-state index in [9.17, 15) is 12.8 Å². The molecule has 0 unspecified atom stereocenters. The number of halogens is 1. The largest absolute Gasteiger partial charge is 0.493 e. The molecule has 2 aromatic carbocycles. The number of fused-ring (bicyclic) bond motifs is 1. The van der Waals surface area contributed by atoms with Crippen LogP contribution in [0.4, 0.5) is 4.39 Å². The molecule has 122 valence electrons. The molecule has 0 spiro atoms. The highest BCUT2D eigenvalue weighted by Crippen LogP contribution is 2.26. The zero-order valence-corrected chi connectivity index (χ0v) is 13.6. The van der Waals surface area contributed by atoms with Gasteiger partial charge in [0.15, 0.2) is 0 Å². The van der Waals surface area contributed by atoms with E-state index in [-0.39, 0.29) is 17.4 Å². The van der Waals surface area contributed by atoms with Gasteiger partial charge >= 0.3 is 0 Å². The van der Waals surface area contributed by atoms with Crippen LogP contribution < -0.4 is 9.46 Å². The fourth-order valence-electron chi connectivity index (χ4n) is 2.69. The van der Waals surface area contributed by atoms with E-state index in [2.05, 4.69) is 4.72 Å². The van der Waals surface area contributed by atoms with Gasteiger partial charge in [0.2, 0.25) is 10.0 Å². The van der Waals surface area contributed by atoms with Gasteiger partial charge in [-0.25, -0.2) is 17.5 Å². The monoisotopic (exact) mass is 335 g/mol. The molecule has 0 fully saturated rings. The van der Waals surface area contributed by atoms with Gasteiger partial charge in [-0.1, -0.05) is 24.3 Å². The van der Waals surface area contributed by atoms with Crippen molar-refractivity contribution in [1.82, 2.24) is 4.72 Å². The third-order valence-corrected chi connectivity index (χ3v) is 5.52. The molecule has 1 N–H and O–H groups in total. The van der Waals surface area contributed by atoms with Gasteiger partial charge in [-0.3, -0.25) is 0 Å². The fraction of sp³-hybridized carbons (Fsp3) is 0.294. The van der Waals surface area contributed by atoms with Crippen molar-refractivity contribution in [1.29, 1.82) is 0 Å². The summed E-state index contributed by atoms with van der Waals surface area (Å²) in [6, 6.07) is 11.5. The van der Waals surface area contributed by atoms with Crippen LogP contribution in [-0.4, -0.2) is 21.6 Å². The first-order chi connectivity index (χ1) is 11.0. The van der Waals surface area contributed by atoms with Crippen molar-refractivity contribution in [2.24, 2.45) is 5.92 Å². The van der Waals surface area contributed by atoms with Crippen molar-refractivity contribution in [3.05, 3.63) is 59.4 Å². The van der Waals surface area contributed by atoms with Crippen LogP contribution in [0.3, 0.4) is 0 Å². The van der Waals surface area contributed by atoms with Crippen LogP contribution in [0, 0.1) is 18.7 Å². The van der Waals surface area contributed by atoms with Crippen molar-refractivity contribution in [2.75, 3.05) is 13.2 Å². The van der Waals surface area contributed by atoms with Gasteiger partial charge in [0.25, 0.3) is 0 Å². The molecular weight excluding hydrogens is 317 g/mol. The first-order valence-electron chi connectivity index (χ1n) is 7.42. The predicted octanol–water partition coefficient (Wildman–Crippen LogP) is 2.66. The number of para-hydroxylation sites is 1. The van der Waals surface area contributed by atoms with Gasteiger partial charge < -0.3 is 4.74 Å². The van der Waals surface area contributed by atoms with Crippen LogP contribution in [0.2, 0.25) is 0 Å². The highest BCUT2D eigenvalue weighted by molar-refractivity contribution is 7.89. The summed E-state index contributed by atoms with van der Waals surface area (Å²) in [5, 5.41) is 0. The summed E-state index contributed by atoms with van der Waals surface area (Å²) < 4.78 is 46.3. The molecule has 0 aromatic heterocycles. The molecule has 0 amide bonds. The molecule has 0 radical (unpaired) electrons. The van der Waals surface area contributed by atoms with Crippen LogP contribution in [0.15, 0.2) is 47.4 Å². The quantitative estimate of drug-likeness (QED) is 0.934. The van der Waals surface area contributed by atoms with Crippen LogP contribution >= 0.6 is 0 Å². The summed E-state index contributed by atoms with van der Waals surface area (Å²) in [7, 11) is -3.74. The van der Waals surface area contributed by atoms with Crippen LogP contribution in [-0.2, 0) is 16.4 Å². The Morgan fingerprint density at radius 1 is 1.26 bits per heavy atom. The second-order valence-corrected chi connectivity index (χ2v) is 7.49. The highest BCUT2D eigenvalue weighted by Gasteiger charge is 2.23. The van der Waals surface area contributed by atoms with Crippen molar-refractivity contribution in [3.63, 3.8) is 0 Å². The predicted molar refractivity (Wildman–Crippen MR) is 85.5 cm³/mol. The maximum Gasteiger partial charge on any atom is 0.240 e. The van der Waals surface area contributed by atoms with E-state index in [4.69, 9.17) is 4.74 Å². The van der Waals surface area contributed by atoms with E-state index in [0.717, 1.165) is 23.8 Å². The van der Waals surface area contributed by atoms with Crippen molar-refractivity contribution in [2.45, 2.75) is 18.2 Å². The molecule has 2 aromatic rings. The lowest BCUT2D eigenvalue weighted by molar-refractivity contribution is 0.223. The zero-order chi connectivity index (χ0) is 16.4. The molecule has 0 aliphatic carbocycles. The minimum Gasteiger partial charge on any atom is -0.493 e. The molecule has 1 aliphatic rings. The SMILES string of the molecule is Cc1ccc(F)cc1S(=O)(=O)NC[C@@H]1COc2ccccc2C1. The van der Waals surface area contributed by atoms with Crippen LogP contribution in [0.5, 0.6) is 5.75 Å². The van der Waals surface area contributed by atoms with E-state index in [0.29, 0.717) is 12.2 Å². The summed E-state index contributed by atoms with van der Waals surface area (Å²) in [4.78, 5) is -0.0189. The second-order valence-electron chi connectivity index (χ2n) is 5.75. The lowest BCUT2D eigenvalue weighted by atomic mass is 9.97. The van der Waals surface area contributed by atoms with Gasteiger partial charge in [-0.15, -0.1) is 0 Å². The maximum atomic E-state index is 13.3. The molecule has 23 heavy (non-hydrogen) atoms. The lowest BCUT2D eigenvalue weighted by Crippen LogP contribution is -2.35. The zero-order valence-electron chi connectivity index (χ0n) is 12.8. The smallest absolute Gasteiger partial charge is 0.240 e. The molecule has 0 saturated heterocycles. The third kappa shape index (κ3) is 3.54. The van der Waals surface area contributed by atoms with Gasteiger partial charge in [-0.2, -0.15) is 0 Å². The molecule has 1 atom stereocenters. The minimum atomic E-state index is -3.74. The number of hydrogen-bond donors (Lipinski definition) is 1. The standard InChI is InChI=1S/C17H18FNO3S/c1-12-6-7-15(18)9-17(12)23(20,21)19-10-13-8-14-4-2-3-5-16(14)22-11-13/h2-7,9,13,19H,8,10-11H2,1H3/t13-/m1/s1. The summed E-state index contributed by atoms with van der Waals surface area (Å²) in [5.74, 6) is 0.340. The first kappa shape index (κ1) is 16.0. The van der Waals surface area contributed by atoms with Crippen molar-refractivity contribution >= 4 is 10.0 Å². The first-order valence-corrected chi connectivity index (χ1v) is 8.90. The minimum absolute atomic E-state index is 0.0189. The Morgan fingerprint density at radius 3 is 2.87 bits per heavy atom. The van der Waals surface area contributed by atoms with E-state index in [1.54, 1.807) is 6.92 Å². The average molecular weight is 335 g/mol. The van der Waals surface area contributed by atoms with Crippen LogP contribution in [0.25, 0.3) is 0 Å². The van der Waals surface area contributed by atoms with E-state index < -0.39 is 15.8 Å². The highest BCUT2D eigenvalue weighted by atomic mass is 32.2. The average Bonchev–Trinajstić information content (AvgIpc) is 2.55. The van der Waals surface area contributed by atoms with E-state index in [1.165, 1.54) is 12.1 Å². The molecule has 3 rings (SSSR count). The molecule has 6 heteroatoms. The summed E-state index contributed by atoms with van der Waals surface area (Å²) in [5.41, 5.74) is 1.59. The van der Waals surface area contributed by atoms with E-state index in [1.807, 2.05) is 24.3 Å². The van der Waals surface area contributed by atoms with Crippen molar-refractivity contribution < 1.29 is 17.5 Å². The normalized spacial score (nSPS) is 17.4. The number of benzene rings is 2. The second kappa shape index (κ2) is 6.29. The Balaban J connectivity index is 1.70. The topological polar surface area (TPSA) is 55.4 Å². The Labute approximate surface area is 135 Å². The Hall–Kier alpha value is -1.92. The summed E-state index contributed by atoms with van der Waals surface area (Å²) in [6.45, 7) is 2.36. The molecular formula is C17H18FNO3S. The number of ether oxygens (including phenoxy) is 1. The number of aryl methyl sites for hydroxylation is 1. The third-order valence-electron chi connectivity index (χ3n) is 3.96. The molecule has 1 aliphatic heterocycles. The summed E-state index contributed by atoms with van der Waals surface area (Å²) in [6.07, 6.45) is 0.751. The number of sulfonamides is 1. The Kier molecular flexibility index (Phi) is 4.37. The number of nitrogens with one attached hydrogen (secondary N) is 1. The van der Waals surface area contributed by atoms with Gasteiger partial charge in [-0.05, 0) is 42.7 Å². The molecule has 4 nitrogen and oxygen atoms in total. The maximum absolute atomic E-state index is 13.3. The Bertz CT molecular complexity index is 820. The molecule has 1 heterocycles. The number of hydrogen-bond acceptors (Lipinski definition) is 3. The van der Waals surface area contributed by atoms with Gasteiger partial charge in [0.1, 0.15) is 11.6 Å². The summed E-state index contributed by atoms with van der Waals surface area (Å²) >= 11 is 0. The number of rotatable bonds is 4. The fourth-order valence-corrected chi connectivity index (χ4v) is 4.06. The van der Waals surface area contributed by atoms with E-state index >= 15 is 0 Å². The molecule has 0 bridgehead atoms. The van der Waals surface area contributed by atoms with Crippen LogP contribution in [0.1, 0.15) is 11.1 Å². The molecule has 0 saturated carbocycles. The van der Waals surface area contributed by atoms with Gasteiger partial charge in [0.05, 0.1) is 11.5 Å². The Morgan fingerprint density at radius 2 is 2.04 bits per heavy atom. The van der Waals surface area contributed by atoms with Crippen molar-refractivity contribution in [3.8, 4) is 5.75 Å². The lowest BCUT2D eigenvalue weighted by Gasteiger charge is -2.25. The van der Waals surface area contributed by atoms with Gasteiger partial charge in [0, 0.05) is 12.5 Å².